The van der Waals surface area contributed by atoms with Crippen LogP contribution in [0.2, 0.25) is 0 Å². The molecule has 0 rings (SSSR count). The lowest BCUT2D eigenvalue weighted by Crippen LogP contribution is -2.24. The molecule has 0 aliphatic heterocycles. The number of aliphatic carboxylic acids is 2. The Morgan fingerprint density at radius 3 is 1.94 bits per heavy atom. The van der Waals surface area contributed by atoms with Gasteiger partial charge in [0.2, 0.25) is 0 Å². The van der Waals surface area contributed by atoms with Crippen LogP contribution in [-0.2, 0) is 14.3 Å². The van der Waals surface area contributed by atoms with E-state index in [1.54, 1.807) is 13.8 Å². The van der Waals surface area contributed by atoms with Gasteiger partial charge in [0, 0.05) is 6.42 Å². The molecule has 0 heterocycles. The Morgan fingerprint density at radius 2 is 1.56 bits per heavy atom. The van der Waals surface area contributed by atoms with Gasteiger partial charge in [-0.25, -0.2) is 0 Å². The Hall–Kier alpha value is -1.14. The van der Waals surface area contributed by atoms with E-state index in [4.69, 9.17) is 14.9 Å². The van der Waals surface area contributed by atoms with Gasteiger partial charge in [-0.2, -0.15) is 0 Å². The highest BCUT2D eigenvalue weighted by molar-refractivity contribution is 5.70. The number of carbonyl (C=O) groups is 2. The number of carboxylic acids is 2. The molecule has 3 unspecified atom stereocenters. The Kier molecular flexibility index (Phi) is 8.32. The first-order valence-electron chi connectivity index (χ1n) is 6.17. The molecule has 18 heavy (non-hydrogen) atoms. The second-order valence-electron chi connectivity index (χ2n) is 4.24. The SMILES string of the molecule is CCC(CCOC(O)CC(CC)C(=O)O)C(=O)O. The summed E-state index contributed by atoms with van der Waals surface area (Å²) >= 11 is 0. The lowest BCUT2D eigenvalue weighted by molar-refractivity contribution is -0.152. The topological polar surface area (TPSA) is 104 Å². The number of ether oxygens (including phenoxy) is 1. The van der Waals surface area contributed by atoms with Gasteiger partial charge in [0.15, 0.2) is 6.29 Å². The Morgan fingerprint density at radius 1 is 1.06 bits per heavy atom. The van der Waals surface area contributed by atoms with Crippen LogP contribution in [0.4, 0.5) is 0 Å². The first-order chi connectivity index (χ1) is 8.42. The monoisotopic (exact) mass is 262 g/mol. The van der Waals surface area contributed by atoms with Gasteiger partial charge in [0.05, 0.1) is 18.4 Å². The van der Waals surface area contributed by atoms with Crippen LogP contribution < -0.4 is 0 Å². The molecule has 0 radical (unpaired) electrons. The molecular weight excluding hydrogens is 240 g/mol. The largest absolute Gasteiger partial charge is 0.481 e. The minimum Gasteiger partial charge on any atom is -0.481 e. The summed E-state index contributed by atoms with van der Waals surface area (Å²) in [6.45, 7) is 3.61. The molecule has 6 nitrogen and oxygen atoms in total. The number of hydrogen-bond acceptors (Lipinski definition) is 4. The standard InChI is InChI=1S/C12H22O6/c1-3-8(11(14)15)5-6-18-10(13)7-9(4-2)12(16)17/h8-10,13H,3-7H2,1-2H3,(H,14,15)(H,16,17). The average Bonchev–Trinajstić information content (AvgIpc) is 2.30. The molecule has 3 N–H and O–H groups in total. The predicted molar refractivity (Wildman–Crippen MR) is 64.0 cm³/mol. The smallest absolute Gasteiger partial charge is 0.306 e. The zero-order valence-corrected chi connectivity index (χ0v) is 10.8. The highest BCUT2D eigenvalue weighted by atomic mass is 16.6. The van der Waals surface area contributed by atoms with E-state index in [9.17, 15) is 14.7 Å². The molecule has 0 amide bonds. The molecule has 0 saturated heterocycles. The lowest BCUT2D eigenvalue weighted by Gasteiger charge is -2.17. The average molecular weight is 262 g/mol. The fourth-order valence-corrected chi connectivity index (χ4v) is 1.60. The minimum absolute atomic E-state index is 0.0235. The van der Waals surface area contributed by atoms with E-state index in [1.165, 1.54) is 0 Å². The van der Waals surface area contributed by atoms with Crippen molar-refractivity contribution in [2.45, 2.75) is 45.8 Å². The van der Waals surface area contributed by atoms with E-state index < -0.39 is 30.1 Å². The van der Waals surface area contributed by atoms with Crippen molar-refractivity contribution < 1.29 is 29.6 Å². The van der Waals surface area contributed by atoms with Crippen molar-refractivity contribution in [2.75, 3.05) is 6.61 Å². The Labute approximate surface area is 107 Å². The summed E-state index contributed by atoms with van der Waals surface area (Å²) in [5, 5.41) is 27.1. The number of hydrogen-bond donors (Lipinski definition) is 3. The third kappa shape index (κ3) is 6.56. The summed E-state index contributed by atoms with van der Waals surface area (Å²) < 4.78 is 5.04. The molecule has 6 heteroatoms. The van der Waals surface area contributed by atoms with Crippen LogP contribution in [0.3, 0.4) is 0 Å². The summed E-state index contributed by atoms with van der Waals surface area (Å²) in [4.78, 5) is 21.5. The van der Waals surface area contributed by atoms with Gasteiger partial charge in [-0.05, 0) is 19.3 Å². The van der Waals surface area contributed by atoms with Crippen molar-refractivity contribution in [1.29, 1.82) is 0 Å². The molecule has 3 atom stereocenters. The maximum absolute atomic E-state index is 10.7. The van der Waals surface area contributed by atoms with E-state index >= 15 is 0 Å². The van der Waals surface area contributed by atoms with E-state index in [-0.39, 0.29) is 13.0 Å². The molecule has 0 fully saturated rings. The van der Waals surface area contributed by atoms with Crippen molar-refractivity contribution in [3.05, 3.63) is 0 Å². The quantitative estimate of drug-likeness (QED) is 0.513. The highest BCUT2D eigenvalue weighted by Gasteiger charge is 2.21. The van der Waals surface area contributed by atoms with Crippen LogP contribution in [-0.4, -0.2) is 40.2 Å². The molecule has 0 aromatic heterocycles. The molecule has 106 valence electrons. The summed E-state index contributed by atoms with van der Waals surface area (Å²) in [5.74, 6) is -2.97. The third-order valence-corrected chi connectivity index (χ3v) is 2.95. The van der Waals surface area contributed by atoms with Crippen molar-refractivity contribution in [1.82, 2.24) is 0 Å². The van der Waals surface area contributed by atoms with Gasteiger partial charge in [0.1, 0.15) is 0 Å². The molecule has 0 aromatic rings. The number of rotatable bonds is 10. The van der Waals surface area contributed by atoms with E-state index in [1.807, 2.05) is 0 Å². The van der Waals surface area contributed by atoms with Crippen LogP contribution in [0.5, 0.6) is 0 Å². The van der Waals surface area contributed by atoms with E-state index in [0.29, 0.717) is 19.3 Å². The van der Waals surface area contributed by atoms with Crippen molar-refractivity contribution in [3.8, 4) is 0 Å². The zero-order valence-electron chi connectivity index (χ0n) is 10.8. The number of aliphatic hydroxyl groups is 1. The summed E-state index contributed by atoms with van der Waals surface area (Å²) in [6, 6.07) is 0. The Balaban J connectivity index is 3.92. The summed E-state index contributed by atoms with van der Waals surface area (Å²) in [6.07, 6.45) is 0.101. The summed E-state index contributed by atoms with van der Waals surface area (Å²) in [7, 11) is 0. The second-order valence-corrected chi connectivity index (χ2v) is 4.24. The zero-order chi connectivity index (χ0) is 14.1. The molecule has 0 aliphatic carbocycles. The minimum atomic E-state index is -1.16. The van der Waals surface area contributed by atoms with Crippen LogP contribution in [0.25, 0.3) is 0 Å². The highest BCUT2D eigenvalue weighted by Crippen LogP contribution is 2.14. The van der Waals surface area contributed by atoms with Crippen LogP contribution in [0, 0.1) is 11.8 Å². The lowest BCUT2D eigenvalue weighted by atomic mass is 10.0. The first-order valence-corrected chi connectivity index (χ1v) is 6.17. The van der Waals surface area contributed by atoms with E-state index in [0.717, 1.165) is 0 Å². The summed E-state index contributed by atoms with van der Waals surface area (Å²) in [5.41, 5.74) is 0. The molecule has 0 spiro atoms. The molecule has 0 saturated carbocycles. The number of carboxylic acid groups (broad SMARTS) is 2. The van der Waals surface area contributed by atoms with Gasteiger partial charge < -0.3 is 20.1 Å². The van der Waals surface area contributed by atoms with E-state index in [2.05, 4.69) is 0 Å². The third-order valence-electron chi connectivity index (χ3n) is 2.95. The molecular formula is C12H22O6. The number of aliphatic hydroxyl groups excluding tert-OH is 1. The van der Waals surface area contributed by atoms with Gasteiger partial charge in [-0.3, -0.25) is 9.59 Å². The molecule has 0 bridgehead atoms. The maximum Gasteiger partial charge on any atom is 0.306 e. The van der Waals surface area contributed by atoms with Gasteiger partial charge in [0.25, 0.3) is 0 Å². The molecule has 0 aliphatic rings. The van der Waals surface area contributed by atoms with Crippen LogP contribution in [0.15, 0.2) is 0 Å². The van der Waals surface area contributed by atoms with Crippen LogP contribution in [0.1, 0.15) is 39.5 Å². The fraction of sp³-hybridized carbons (Fsp3) is 0.833. The normalized spacial score (nSPS) is 15.9. The molecule has 0 aromatic carbocycles. The van der Waals surface area contributed by atoms with Gasteiger partial charge in [-0.1, -0.05) is 13.8 Å². The first kappa shape index (κ1) is 16.9. The van der Waals surface area contributed by atoms with Gasteiger partial charge in [-0.15, -0.1) is 0 Å². The van der Waals surface area contributed by atoms with Crippen molar-refractivity contribution in [3.63, 3.8) is 0 Å². The van der Waals surface area contributed by atoms with Crippen molar-refractivity contribution in [2.24, 2.45) is 11.8 Å². The fourth-order valence-electron chi connectivity index (χ4n) is 1.60. The Bertz CT molecular complexity index is 265. The van der Waals surface area contributed by atoms with Crippen molar-refractivity contribution >= 4 is 11.9 Å². The van der Waals surface area contributed by atoms with Gasteiger partial charge >= 0.3 is 11.9 Å². The predicted octanol–water partition coefficient (Wildman–Crippen LogP) is 1.32. The maximum atomic E-state index is 10.7. The van der Waals surface area contributed by atoms with Crippen LogP contribution >= 0.6 is 0 Å². The second kappa shape index (κ2) is 8.88.